The topological polar surface area (TPSA) is 122 Å². The van der Waals surface area contributed by atoms with Gasteiger partial charge in [-0.25, -0.2) is 0 Å². The van der Waals surface area contributed by atoms with Crippen LogP contribution >= 0.6 is 7.82 Å². The summed E-state index contributed by atoms with van der Waals surface area (Å²) >= 11 is 0. The second-order valence-electron chi connectivity index (χ2n) is 13.6. The molecule has 0 spiro atoms. The van der Waals surface area contributed by atoms with E-state index in [1.165, 1.54) is 122 Å². The summed E-state index contributed by atoms with van der Waals surface area (Å²) in [4.78, 5) is 44.6. The molecule has 8 nitrogen and oxygen atoms in total. The maximum atomic E-state index is 12.3. The van der Waals surface area contributed by atoms with E-state index in [0.29, 0.717) is 6.42 Å². The first-order chi connectivity index (χ1) is 23.3. The zero-order valence-corrected chi connectivity index (χ0v) is 35.0. The number of ether oxygens (including phenoxy) is 2. The predicted octanol–water partition coefficient (Wildman–Crippen LogP) is 8.22. The van der Waals surface area contributed by atoms with Crippen LogP contribution < -0.4 is 34.5 Å². The maximum Gasteiger partial charge on any atom is 1.00 e. The second-order valence-corrected chi connectivity index (χ2v) is 14.8. The Morgan fingerprint density at radius 2 is 0.918 bits per heavy atom. The minimum atomic E-state index is -5.00. The van der Waals surface area contributed by atoms with Crippen molar-refractivity contribution in [1.82, 2.24) is 0 Å². The zero-order valence-electron chi connectivity index (χ0n) is 32.1. The van der Waals surface area contributed by atoms with Crippen LogP contribution in [0.25, 0.3) is 0 Å². The molecule has 0 amide bonds. The van der Waals surface area contributed by atoms with Crippen LogP contribution in [0.15, 0.2) is 12.2 Å². The van der Waals surface area contributed by atoms with E-state index in [1.807, 2.05) is 0 Å². The monoisotopic (exact) mass is 725 g/mol. The standard InChI is InChI=1S/C39H75O8P.Na/c1-3-5-7-9-11-13-15-17-19-21-23-25-27-29-31-33-38(40)45-35-37(36-46-48(42,43)44)47-39(41)34-32-30-28-26-24-22-20-18-16-14-12-10-8-6-4-2;/h18,20,37H,3-17,19,21-36H2,1-2H3,(H2,42,43,44);/q;+1/p-1/b20-18+;/t37-;/m1./s1. The Morgan fingerprint density at radius 1 is 0.571 bits per heavy atom. The summed E-state index contributed by atoms with van der Waals surface area (Å²) in [7, 11) is -5.00. The van der Waals surface area contributed by atoms with Crippen molar-refractivity contribution in [2.24, 2.45) is 0 Å². The third kappa shape index (κ3) is 42.1. The van der Waals surface area contributed by atoms with E-state index >= 15 is 0 Å². The molecule has 0 saturated carbocycles. The van der Waals surface area contributed by atoms with Gasteiger partial charge in [0.1, 0.15) is 6.61 Å². The van der Waals surface area contributed by atoms with E-state index in [-0.39, 0.29) is 49.0 Å². The zero-order chi connectivity index (χ0) is 35.4. The predicted molar refractivity (Wildman–Crippen MR) is 196 cm³/mol. The van der Waals surface area contributed by atoms with Gasteiger partial charge in [0.25, 0.3) is 7.82 Å². The Hall–Kier alpha value is -0.210. The molecule has 0 rings (SSSR count). The quantitative estimate of drug-likeness (QED) is 0.0224. The number of hydrogen-bond acceptors (Lipinski definition) is 7. The van der Waals surface area contributed by atoms with Crippen LogP contribution in [0, 0.1) is 0 Å². The number of hydrogen-bond donors (Lipinski definition) is 1. The van der Waals surface area contributed by atoms with Gasteiger partial charge in [-0.15, -0.1) is 0 Å². The molecular weight excluding hydrogens is 650 g/mol. The van der Waals surface area contributed by atoms with Crippen molar-refractivity contribution in [3.63, 3.8) is 0 Å². The minimum Gasteiger partial charge on any atom is -0.756 e. The Labute approximate surface area is 323 Å². The Kier molecular flexibility index (Phi) is 40.5. The van der Waals surface area contributed by atoms with Crippen LogP contribution in [0.4, 0.5) is 0 Å². The van der Waals surface area contributed by atoms with Crippen LogP contribution in [0.5, 0.6) is 0 Å². The number of esters is 2. The molecule has 0 bridgehead atoms. The fourth-order valence-corrected chi connectivity index (χ4v) is 6.13. The van der Waals surface area contributed by atoms with E-state index in [4.69, 9.17) is 14.4 Å². The van der Waals surface area contributed by atoms with Gasteiger partial charge >= 0.3 is 41.5 Å². The number of carbonyl (C=O) groups excluding carboxylic acids is 2. The van der Waals surface area contributed by atoms with Crippen LogP contribution in [0.1, 0.15) is 206 Å². The SMILES string of the molecule is CCCCCCCC/C=C/CCCCCCCC(=O)O[C@H](COC(=O)CCCCCCCCCCCCCCCCC)COP(=O)([O-])O.[Na+]. The molecule has 10 heteroatoms. The third-order valence-electron chi connectivity index (χ3n) is 8.78. The molecule has 1 N–H and O–H groups in total. The molecular formula is C39H74NaO8P. The van der Waals surface area contributed by atoms with Crippen LogP contribution in [-0.4, -0.2) is 36.1 Å². The summed E-state index contributed by atoms with van der Waals surface area (Å²) in [6.07, 6.45) is 37.6. The van der Waals surface area contributed by atoms with E-state index in [1.54, 1.807) is 0 Å². The van der Waals surface area contributed by atoms with Gasteiger partial charge in [0.05, 0.1) is 6.61 Å². The van der Waals surface area contributed by atoms with E-state index < -0.39 is 32.5 Å². The largest absolute Gasteiger partial charge is 1.00 e. The molecule has 0 aromatic rings. The number of phosphoric ester groups is 1. The first kappa shape index (κ1) is 50.9. The van der Waals surface area contributed by atoms with Gasteiger partial charge in [-0.2, -0.15) is 0 Å². The van der Waals surface area contributed by atoms with Gasteiger partial charge in [-0.1, -0.05) is 167 Å². The van der Waals surface area contributed by atoms with Crippen molar-refractivity contribution < 1.29 is 67.5 Å². The molecule has 49 heavy (non-hydrogen) atoms. The minimum absolute atomic E-state index is 0. The summed E-state index contributed by atoms with van der Waals surface area (Å²) in [5.74, 6) is -0.921. The van der Waals surface area contributed by atoms with Gasteiger partial charge in [-0.3, -0.25) is 14.2 Å². The van der Waals surface area contributed by atoms with Gasteiger partial charge < -0.3 is 23.8 Å². The van der Waals surface area contributed by atoms with Crippen LogP contribution in [0.2, 0.25) is 0 Å². The summed E-state index contributed by atoms with van der Waals surface area (Å²) < 4.78 is 26.1. The van der Waals surface area contributed by atoms with E-state index in [0.717, 1.165) is 51.4 Å². The summed E-state index contributed by atoms with van der Waals surface area (Å²) in [5.41, 5.74) is 0. The Morgan fingerprint density at radius 3 is 1.31 bits per heavy atom. The summed E-state index contributed by atoms with van der Waals surface area (Å²) in [6.45, 7) is 3.59. The third-order valence-corrected chi connectivity index (χ3v) is 9.25. The molecule has 0 saturated heterocycles. The van der Waals surface area contributed by atoms with E-state index in [9.17, 15) is 19.0 Å². The molecule has 0 aliphatic heterocycles. The number of unbranched alkanes of at least 4 members (excludes halogenated alkanes) is 25. The molecule has 0 aliphatic rings. The molecule has 0 heterocycles. The molecule has 0 aromatic carbocycles. The number of rotatable bonds is 37. The second kappa shape index (κ2) is 39.0. The van der Waals surface area contributed by atoms with Gasteiger partial charge in [-0.05, 0) is 38.5 Å². The van der Waals surface area contributed by atoms with Gasteiger partial charge in [0, 0.05) is 12.8 Å². The molecule has 0 fully saturated rings. The Bertz CT molecular complexity index is 804. The van der Waals surface area contributed by atoms with Crippen molar-refractivity contribution >= 4 is 19.8 Å². The average molecular weight is 725 g/mol. The number of carbonyl (C=O) groups is 2. The normalized spacial score (nSPS) is 13.2. The fourth-order valence-electron chi connectivity index (χ4n) is 5.78. The van der Waals surface area contributed by atoms with Crippen LogP contribution in [0.3, 0.4) is 0 Å². The average Bonchev–Trinajstić information content (AvgIpc) is 3.05. The summed E-state index contributed by atoms with van der Waals surface area (Å²) in [5, 5.41) is 0. The van der Waals surface area contributed by atoms with Crippen molar-refractivity contribution in [3.05, 3.63) is 12.2 Å². The van der Waals surface area contributed by atoms with Gasteiger partial charge in [0.15, 0.2) is 6.10 Å². The summed E-state index contributed by atoms with van der Waals surface area (Å²) in [6, 6.07) is 0. The van der Waals surface area contributed by atoms with Crippen molar-refractivity contribution in [2.45, 2.75) is 213 Å². The molecule has 0 radical (unpaired) electrons. The first-order valence-corrected chi connectivity index (χ1v) is 21.5. The Balaban J connectivity index is 0. The van der Waals surface area contributed by atoms with E-state index in [2.05, 4.69) is 30.5 Å². The van der Waals surface area contributed by atoms with Gasteiger partial charge in [0.2, 0.25) is 0 Å². The number of phosphoric acid groups is 1. The molecule has 0 aliphatic carbocycles. The van der Waals surface area contributed by atoms with Crippen molar-refractivity contribution in [1.29, 1.82) is 0 Å². The first-order valence-electron chi connectivity index (χ1n) is 20.0. The fraction of sp³-hybridized carbons (Fsp3) is 0.897. The van der Waals surface area contributed by atoms with Crippen molar-refractivity contribution in [2.75, 3.05) is 13.2 Å². The molecule has 0 aromatic heterocycles. The molecule has 2 atom stereocenters. The maximum absolute atomic E-state index is 12.3. The smallest absolute Gasteiger partial charge is 0.756 e. The number of allylic oxidation sites excluding steroid dienone is 2. The molecule has 1 unspecified atom stereocenters. The van der Waals surface area contributed by atoms with Crippen molar-refractivity contribution in [3.8, 4) is 0 Å². The van der Waals surface area contributed by atoms with Crippen LogP contribution in [-0.2, 0) is 28.2 Å². The molecule has 284 valence electrons.